The Balaban J connectivity index is 2.24. The molecule has 0 bridgehead atoms. The molecule has 16 heavy (non-hydrogen) atoms. The van der Waals surface area contributed by atoms with E-state index in [1.807, 2.05) is 0 Å². The van der Waals surface area contributed by atoms with Crippen molar-refractivity contribution in [3.8, 4) is 0 Å². The van der Waals surface area contributed by atoms with Gasteiger partial charge in [0, 0.05) is 13.7 Å². The minimum Gasteiger partial charge on any atom is -0.389 e. The lowest BCUT2D eigenvalue weighted by Gasteiger charge is -2.23. The zero-order valence-corrected chi connectivity index (χ0v) is 10.8. The zero-order chi connectivity index (χ0) is 11.8. The predicted octanol–water partition coefficient (Wildman–Crippen LogP) is 1.90. The third-order valence-electron chi connectivity index (χ3n) is 3.47. The fraction of sp³-hybridized carbons (Fsp3) is 1.00. The topological polar surface area (TPSA) is 32.7 Å². The maximum absolute atomic E-state index is 9.70. The van der Waals surface area contributed by atoms with Crippen LogP contribution in [0.4, 0.5) is 0 Å². The van der Waals surface area contributed by atoms with Gasteiger partial charge < -0.3 is 14.7 Å². The standard InChI is InChI=1S/C13H27NO2/c1-3-5-12-6-4-8-14(9-7-12)10-13(15)11-16-2/h12-13,15H,3-11H2,1-2H3. The van der Waals surface area contributed by atoms with Gasteiger partial charge in [-0.05, 0) is 38.3 Å². The van der Waals surface area contributed by atoms with Crippen LogP contribution < -0.4 is 0 Å². The highest BCUT2D eigenvalue weighted by molar-refractivity contribution is 4.72. The molecule has 0 amide bonds. The number of aliphatic hydroxyl groups is 1. The molecule has 1 aliphatic heterocycles. The van der Waals surface area contributed by atoms with Crippen LogP contribution in [0.5, 0.6) is 0 Å². The number of hydrogen-bond acceptors (Lipinski definition) is 3. The first-order valence-electron chi connectivity index (χ1n) is 6.65. The van der Waals surface area contributed by atoms with Crippen LogP contribution in [0, 0.1) is 5.92 Å². The van der Waals surface area contributed by atoms with E-state index in [9.17, 15) is 5.11 Å². The molecule has 0 spiro atoms. The van der Waals surface area contributed by atoms with Crippen LogP contribution in [-0.4, -0.2) is 49.5 Å². The molecule has 1 saturated heterocycles. The highest BCUT2D eigenvalue weighted by atomic mass is 16.5. The number of aliphatic hydroxyl groups excluding tert-OH is 1. The smallest absolute Gasteiger partial charge is 0.0900 e. The molecule has 2 atom stereocenters. The van der Waals surface area contributed by atoms with Crippen molar-refractivity contribution in [2.24, 2.45) is 5.92 Å². The van der Waals surface area contributed by atoms with Gasteiger partial charge in [0.1, 0.15) is 0 Å². The largest absolute Gasteiger partial charge is 0.389 e. The molecule has 0 aromatic heterocycles. The van der Waals surface area contributed by atoms with Gasteiger partial charge >= 0.3 is 0 Å². The molecule has 1 aliphatic rings. The van der Waals surface area contributed by atoms with Crippen molar-refractivity contribution < 1.29 is 9.84 Å². The Morgan fingerprint density at radius 1 is 1.38 bits per heavy atom. The maximum Gasteiger partial charge on any atom is 0.0900 e. The van der Waals surface area contributed by atoms with Crippen molar-refractivity contribution in [3.05, 3.63) is 0 Å². The molecular weight excluding hydrogens is 202 g/mol. The van der Waals surface area contributed by atoms with Crippen LogP contribution in [0.25, 0.3) is 0 Å². The van der Waals surface area contributed by atoms with Gasteiger partial charge in [-0.25, -0.2) is 0 Å². The summed E-state index contributed by atoms with van der Waals surface area (Å²) >= 11 is 0. The van der Waals surface area contributed by atoms with Gasteiger partial charge in [0.25, 0.3) is 0 Å². The van der Waals surface area contributed by atoms with Crippen molar-refractivity contribution in [2.45, 2.75) is 45.1 Å². The average molecular weight is 229 g/mol. The molecule has 0 aromatic rings. The van der Waals surface area contributed by atoms with Gasteiger partial charge in [0.15, 0.2) is 0 Å². The van der Waals surface area contributed by atoms with Crippen LogP contribution in [0.1, 0.15) is 39.0 Å². The van der Waals surface area contributed by atoms with Crippen LogP contribution >= 0.6 is 0 Å². The summed E-state index contributed by atoms with van der Waals surface area (Å²) in [6.45, 7) is 5.78. The Bertz CT molecular complexity index is 175. The molecule has 1 rings (SSSR count). The van der Waals surface area contributed by atoms with Crippen LogP contribution in [-0.2, 0) is 4.74 Å². The average Bonchev–Trinajstić information content (AvgIpc) is 2.45. The van der Waals surface area contributed by atoms with E-state index < -0.39 is 0 Å². The SMILES string of the molecule is CCCC1CCCN(CC(O)COC)CC1. The van der Waals surface area contributed by atoms with E-state index in [-0.39, 0.29) is 6.10 Å². The van der Waals surface area contributed by atoms with Crippen molar-refractivity contribution in [3.63, 3.8) is 0 Å². The van der Waals surface area contributed by atoms with Gasteiger partial charge in [-0.15, -0.1) is 0 Å². The number of β-amino-alcohol motifs (C(OH)–C–C–N with tert-alkyl or cyclic N) is 1. The maximum atomic E-state index is 9.70. The summed E-state index contributed by atoms with van der Waals surface area (Å²) in [4.78, 5) is 2.39. The Morgan fingerprint density at radius 2 is 2.19 bits per heavy atom. The van der Waals surface area contributed by atoms with Gasteiger partial charge in [-0.2, -0.15) is 0 Å². The summed E-state index contributed by atoms with van der Waals surface area (Å²) in [6, 6.07) is 0. The summed E-state index contributed by atoms with van der Waals surface area (Å²) in [5, 5.41) is 9.70. The van der Waals surface area contributed by atoms with Gasteiger partial charge in [0.05, 0.1) is 12.7 Å². The van der Waals surface area contributed by atoms with Crippen LogP contribution in [0.15, 0.2) is 0 Å². The molecule has 0 saturated carbocycles. The van der Waals surface area contributed by atoms with Gasteiger partial charge in [-0.3, -0.25) is 0 Å². The van der Waals surface area contributed by atoms with E-state index in [0.29, 0.717) is 6.61 Å². The summed E-state index contributed by atoms with van der Waals surface area (Å²) in [7, 11) is 1.64. The van der Waals surface area contributed by atoms with E-state index in [0.717, 1.165) is 25.6 Å². The second kappa shape index (κ2) is 8.04. The minimum atomic E-state index is -0.326. The first-order valence-corrected chi connectivity index (χ1v) is 6.65. The van der Waals surface area contributed by atoms with Crippen LogP contribution in [0.3, 0.4) is 0 Å². The van der Waals surface area contributed by atoms with E-state index in [4.69, 9.17) is 4.74 Å². The number of hydrogen-bond donors (Lipinski definition) is 1. The summed E-state index contributed by atoms with van der Waals surface area (Å²) in [5.41, 5.74) is 0. The number of methoxy groups -OCH3 is 1. The zero-order valence-electron chi connectivity index (χ0n) is 10.8. The fourth-order valence-corrected chi connectivity index (χ4v) is 2.65. The number of ether oxygens (including phenoxy) is 1. The first kappa shape index (κ1) is 13.9. The molecule has 0 aliphatic carbocycles. The monoisotopic (exact) mass is 229 g/mol. The Labute approximate surface area is 99.8 Å². The van der Waals surface area contributed by atoms with E-state index in [1.165, 1.54) is 32.1 Å². The Kier molecular flexibility index (Phi) is 7.01. The molecule has 3 heteroatoms. The number of rotatable bonds is 6. The minimum absolute atomic E-state index is 0.326. The van der Waals surface area contributed by atoms with E-state index in [1.54, 1.807) is 7.11 Å². The summed E-state index contributed by atoms with van der Waals surface area (Å²) in [6.07, 6.45) is 6.29. The second-order valence-corrected chi connectivity index (χ2v) is 5.00. The predicted molar refractivity (Wildman–Crippen MR) is 66.6 cm³/mol. The molecule has 96 valence electrons. The van der Waals surface area contributed by atoms with Crippen molar-refractivity contribution >= 4 is 0 Å². The number of likely N-dealkylation sites (tertiary alicyclic amines) is 1. The third-order valence-corrected chi connectivity index (χ3v) is 3.47. The molecule has 0 radical (unpaired) electrons. The molecule has 3 nitrogen and oxygen atoms in total. The van der Waals surface area contributed by atoms with E-state index in [2.05, 4.69) is 11.8 Å². The van der Waals surface area contributed by atoms with E-state index >= 15 is 0 Å². The Hall–Kier alpha value is -0.120. The molecular formula is C13H27NO2. The Morgan fingerprint density at radius 3 is 2.88 bits per heavy atom. The molecule has 1 N–H and O–H groups in total. The highest BCUT2D eigenvalue weighted by Gasteiger charge is 2.18. The molecule has 2 unspecified atom stereocenters. The quantitative estimate of drug-likeness (QED) is 0.755. The second-order valence-electron chi connectivity index (χ2n) is 5.00. The van der Waals surface area contributed by atoms with Gasteiger partial charge in [0.2, 0.25) is 0 Å². The van der Waals surface area contributed by atoms with Crippen molar-refractivity contribution in [2.75, 3.05) is 33.4 Å². The van der Waals surface area contributed by atoms with Gasteiger partial charge in [-0.1, -0.05) is 19.8 Å². The molecule has 1 heterocycles. The number of nitrogens with zero attached hydrogens (tertiary/aromatic N) is 1. The highest BCUT2D eigenvalue weighted by Crippen LogP contribution is 2.21. The lowest BCUT2D eigenvalue weighted by Crippen LogP contribution is -2.35. The molecule has 1 fully saturated rings. The fourth-order valence-electron chi connectivity index (χ4n) is 2.65. The lowest BCUT2D eigenvalue weighted by atomic mass is 9.96. The van der Waals surface area contributed by atoms with Crippen molar-refractivity contribution in [1.82, 2.24) is 4.90 Å². The van der Waals surface area contributed by atoms with Crippen molar-refractivity contribution in [1.29, 1.82) is 0 Å². The lowest BCUT2D eigenvalue weighted by molar-refractivity contribution is 0.0382. The normalized spacial score (nSPS) is 25.3. The van der Waals surface area contributed by atoms with Crippen LogP contribution in [0.2, 0.25) is 0 Å². The summed E-state index contributed by atoms with van der Waals surface area (Å²) < 4.78 is 4.96. The first-order chi connectivity index (χ1) is 7.76. The molecule has 0 aromatic carbocycles. The summed E-state index contributed by atoms with van der Waals surface area (Å²) in [5.74, 6) is 0.912. The third kappa shape index (κ3) is 5.28.